The second kappa shape index (κ2) is 12.0. The van der Waals surface area contributed by atoms with Crippen LogP contribution in [0.5, 0.6) is 0 Å². The average Bonchev–Trinajstić information content (AvgIpc) is 3.38. The molecule has 0 atom stereocenters. The molecule has 0 N–H and O–H groups in total. The minimum atomic E-state index is 0.962. The fourth-order valence-electron chi connectivity index (χ4n) is 4.10. The monoisotopic (exact) mass is 479 g/mol. The van der Waals surface area contributed by atoms with E-state index < -0.39 is 0 Å². The first-order valence-electron chi connectivity index (χ1n) is 12.0. The zero-order chi connectivity index (χ0) is 25.1. The number of aromatic nitrogens is 3. The summed E-state index contributed by atoms with van der Waals surface area (Å²) in [6.45, 7) is 0. The van der Waals surface area contributed by atoms with Crippen molar-refractivity contribution in [3.8, 4) is 22.3 Å². The lowest BCUT2D eigenvalue weighted by Crippen LogP contribution is -1.83. The molecule has 0 amide bonds. The van der Waals surface area contributed by atoms with E-state index in [0.717, 1.165) is 11.2 Å². The third-order valence-corrected chi connectivity index (χ3v) is 5.79. The summed E-state index contributed by atoms with van der Waals surface area (Å²) in [6, 6.07) is 47.5. The number of furan rings is 1. The lowest BCUT2D eigenvalue weighted by Gasteiger charge is -2.09. The van der Waals surface area contributed by atoms with Crippen molar-refractivity contribution in [3.05, 3.63) is 152 Å². The Kier molecular flexibility index (Phi) is 7.70. The Bertz CT molecular complexity index is 1530. The molecule has 4 heteroatoms. The smallest absolute Gasteiger partial charge is 0.135 e. The second-order valence-electron chi connectivity index (χ2n) is 8.18. The third-order valence-electron chi connectivity index (χ3n) is 5.79. The van der Waals surface area contributed by atoms with Crippen LogP contribution in [0.3, 0.4) is 0 Å². The van der Waals surface area contributed by atoms with Crippen molar-refractivity contribution < 1.29 is 4.42 Å². The maximum absolute atomic E-state index is 5.65. The number of fused-ring (bicyclic) bond motifs is 3. The van der Waals surface area contributed by atoms with Gasteiger partial charge in [-0.25, -0.2) is 0 Å². The highest BCUT2D eigenvalue weighted by atomic mass is 16.3. The van der Waals surface area contributed by atoms with Gasteiger partial charge < -0.3 is 4.42 Å². The Hall–Kier alpha value is -5.09. The van der Waals surface area contributed by atoms with E-state index in [0.29, 0.717) is 0 Å². The van der Waals surface area contributed by atoms with Crippen LogP contribution in [-0.2, 0) is 0 Å². The van der Waals surface area contributed by atoms with E-state index in [4.69, 9.17) is 4.42 Å². The van der Waals surface area contributed by atoms with Gasteiger partial charge in [0, 0.05) is 10.8 Å². The number of hydrogen-bond acceptors (Lipinski definition) is 4. The summed E-state index contributed by atoms with van der Waals surface area (Å²) in [4.78, 5) is 0. The molecule has 2 aromatic heterocycles. The fraction of sp³-hybridized carbons (Fsp3) is 0. The van der Waals surface area contributed by atoms with Gasteiger partial charge in [-0.1, -0.05) is 121 Å². The van der Waals surface area contributed by atoms with Gasteiger partial charge in [0.15, 0.2) is 0 Å². The van der Waals surface area contributed by atoms with Crippen LogP contribution < -0.4 is 0 Å². The van der Waals surface area contributed by atoms with E-state index >= 15 is 0 Å². The zero-order valence-corrected chi connectivity index (χ0v) is 20.2. The van der Waals surface area contributed by atoms with Gasteiger partial charge in [0.2, 0.25) is 0 Å². The first-order chi connectivity index (χ1) is 18.4. The van der Waals surface area contributed by atoms with Gasteiger partial charge in [0.1, 0.15) is 11.2 Å². The maximum Gasteiger partial charge on any atom is 0.135 e. The largest absolute Gasteiger partial charge is 0.456 e. The van der Waals surface area contributed by atoms with Crippen LogP contribution in [0.25, 0.3) is 44.2 Å². The molecule has 0 fully saturated rings. The Morgan fingerprint density at radius 1 is 0.378 bits per heavy atom. The minimum absolute atomic E-state index is 0.962. The van der Waals surface area contributed by atoms with Crippen molar-refractivity contribution in [1.82, 2.24) is 15.4 Å². The highest BCUT2D eigenvalue weighted by Gasteiger charge is 2.05. The van der Waals surface area contributed by atoms with Crippen molar-refractivity contribution in [2.24, 2.45) is 0 Å². The molecule has 5 aromatic carbocycles. The summed E-state index contributed by atoms with van der Waals surface area (Å²) in [7, 11) is 0. The predicted octanol–water partition coefficient (Wildman–Crippen LogP) is 8.48. The molecular formula is C33H25N3O. The first kappa shape index (κ1) is 23.6. The summed E-state index contributed by atoms with van der Waals surface area (Å²) in [5, 5.41) is 12.5. The summed E-state index contributed by atoms with van der Waals surface area (Å²) < 4.78 is 5.65. The highest BCUT2D eigenvalue weighted by molar-refractivity contribution is 6.04. The van der Waals surface area contributed by atoms with Crippen LogP contribution in [0, 0.1) is 0 Å². The third kappa shape index (κ3) is 5.95. The van der Waals surface area contributed by atoms with E-state index in [1.54, 1.807) is 18.5 Å². The molecule has 178 valence electrons. The number of benzene rings is 5. The predicted molar refractivity (Wildman–Crippen MR) is 151 cm³/mol. The van der Waals surface area contributed by atoms with Crippen LogP contribution in [0.1, 0.15) is 0 Å². The SMILES string of the molecule is c1ccc(-c2ccccc2-c2ccccc2)cc1.c1ccc2c(c1)oc1ccccc12.c1cnnnc1. The van der Waals surface area contributed by atoms with Gasteiger partial charge in [-0.3, -0.25) is 0 Å². The standard InChI is InChI=1S/C18H14.C12H8O.C3H3N3/c1-3-9-15(10-4-1)17-13-7-8-14-18(17)16-11-5-2-6-12-16;1-3-7-11-9(5-1)10-6-2-4-8-12(10)13-11;1-2-4-6-5-3-1/h1-14H;1-8H;1-3H. The van der Waals surface area contributed by atoms with E-state index in [1.165, 1.54) is 33.0 Å². The van der Waals surface area contributed by atoms with Gasteiger partial charge >= 0.3 is 0 Å². The Morgan fingerprint density at radius 2 is 0.784 bits per heavy atom. The van der Waals surface area contributed by atoms with Crippen molar-refractivity contribution in [3.63, 3.8) is 0 Å². The fourth-order valence-corrected chi connectivity index (χ4v) is 4.10. The number of rotatable bonds is 2. The van der Waals surface area contributed by atoms with Crippen LogP contribution >= 0.6 is 0 Å². The van der Waals surface area contributed by atoms with Crippen molar-refractivity contribution in [1.29, 1.82) is 0 Å². The van der Waals surface area contributed by atoms with Crippen molar-refractivity contribution in [2.75, 3.05) is 0 Å². The Balaban J connectivity index is 0.000000128. The summed E-state index contributed by atoms with van der Waals surface area (Å²) in [5.41, 5.74) is 7.01. The summed E-state index contributed by atoms with van der Waals surface area (Å²) >= 11 is 0. The number of hydrogen-bond donors (Lipinski definition) is 0. The molecule has 0 spiro atoms. The lowest BCUT2D eigenvalue weighted by molar-refractivity contribution is 0.669. The summed E-state index contributed by atoms with van der Waals surface area (Å²) in [5.74, 6) is 0. The van der Waals surface area contributed by atoms with Crippen LogP contribution in [0.4, 0.5) is 0 Å². The van der Waals surface area contributed by atoms with Crippen LogP contribution in [0.15, 0.2) is 156 Å². The Labute approximate surface area is 215 Å². The first-order valence-corrected chi connectivity index (χ1v) is 12.0. The molecule has 0 unspecified atom stereocenters. The molecule has 0 saturated heterocycles. The molecule has 2 heterocycles. The molecule has 7 rings (SSSR count). The topological polar surface area (TPSA) is 51.8 Å². The van der Waals surface area contributed by atoms with Gasteiger partial charge in [0.05, 0.1) is 12.4 Å². The van der Waals surface area contributed by atoms with Crippen molar-refractivity contribution >= 4 is 21.9 Å². The normalized spacial score (nSPS) is 10.2. The second-order valence-corrected chi connectivity index (χ2v) is 8.18. The molecule has 37 heavy (non-hydrogen) atoms. The molecule has 4 nitrogen and oxygen atoms in total. The molecule has 0 aliphatic heterocycles. The average molecular weight is 480 g/mol. The van der Waals surface area contributed by atoms with Gasteiger partial charge in [-0.05, 0) is 45.7 Å². The van der Waals surface area contributed by atoms with E-state index in [2.05, 4.69) is 112 Å². The number of para-hydroxylation sites is 2. The quantitative estimate of drug-likeness (QED) is 0.249. The van der Waals surface area contributed by atoms with E-state index in [-0.39, 0.29) is 0 Å². The molecule has 7 aromatic rings. The van der Waals surface area contributed by atoms with E-state index in [1.807, 2.05) is 36.4 Å². The molecule has 0 aliphatic rings. The van der Waals surface area contributed by atoms with Gasteiger partial charge in [-0.15, -0.1) is 10.2 Å². The number of nitrogens with zero attached hydrogens (tertiary/aromatic N) is 3. The highest BCUT2D eigenvalue weighted by Crippen LogP contribution is 2.31. The molecular weight excluding hydrogens is 454 g/mol. The van der Waals surface area contributed by atoms with Crippen molar-refractivity contribution in [2.45, 2.75) is 0 Å². The molecule has 0 saturated carbocycles. The van der Waals surface area contributed by atoms with Crippen LogP contribution in [0.2, 0.25) is 0 Å². The summed E-state index contributed by atoms with van der Waals surface area (Å²) in [6.07, 6.45) is 3.15. The van der Waals surface area contributed by atoms with Gasteiger partial charge in [-0.2, -0.15) is 0 Å². The lowest BCUT2D eigenvalue weighted by atomic mass is 9.95. The maximum atomic E-state index is 5.65. The van der Waals surface area contributed by atoms with E-state index in [9.17, 15) is 0 Å². The zero-order valence-electron chi connectivity index (χ0n) is 20.2. The van der Waals surface area contributed by atoms with Gasteiger partial charge in [0.25, 0.3) is 0 Å². The molecule has 0 bridgehead atoms. The van der Waals surface area contributed by atoms with Crippen LogP contribution in [-0.4, -0.2) is 15.4 Å². The Morgan fingerprint density at radius 3 is 1.19 bits per heavy atom. The minimum Gasteiger partial charge on any atom is -0.456 e. The molecule has 0 aliphatic carbocycles. The molecule has 0 radical (unpaired) electrons.